The maximum Gasteiger partial charge on any atom is 0.247 e. The van der Waals surface area contributed by atoms with Gasteiger partial charge in [0.05, 0.1) is 6.04 Å². The normalized spacial score (nSPS) is 11.7. The Kier molecular flexibility index (Phi) is 5.09. The number of halogens is 1. The smallest absolute Gasteiger partial charge is 0.247 e. The van der Waals surface area contributed by atoms with E-state index in [4.69, 9.17) is 10.2 Å². The van der Waals surface area contributed by atoms with Crippen molar-refractivity contribution < 1.29 is 4.42 Å². The zero-order valence-corrected chi connectivity index (χ0v) is 12.2. The van der Waals surface area contributed by atoms with E-state index in [1.165, 1.54) is 0 Å². The molecule has 0 saturated heterocycles. The van der Waals surface area contributed by atoms with Crippen LogP contribution in [0.25, 0.3) is 11.5 Å². The first-order valence-electron chi connectivity index (χ1n) is 6.51. The molecule has 21 heavy (non-hydrogen) atoms. The van der Waals surface area contributed by atoms with E-state index < -0.39 is 0 Å². The van der Waals surface area contributed by atoms with Crippen LogP contribution in [0.1, 0.15) is 17.5 Å². The highest BCUT2D eigenvalue weighted by atomic mass is 35.5. The first kappa shape index (κ1) is 15.2. The van der Waals surface area contributed by atoms with Crippen molar-refractivity contribution in [1.29, 1.82) is 0 Å². The van der Waals surface area contributed by atoms with Crippen LogP contribution in [-0.2, 0) is 6.42 Å². The van der Waals surface area contributed by atoms with E-state index in [1.54, 1.807) is 0 Å². The Hall–Kier alpha value is -2.17. The molecule has 4 nitrogen and oxygen atoms in total. The second kappa shape index (κ2) is 7.02. The van der Waals surface area contributed by atoms with Crippen LogP contribution in [0.3, 0.4) is 0 Å². The van der Waals surface area contributed by atoms with Crippen LogP contribution in [0.2, 0.25) is 0 Å². The zero-order chi connectivity index (χ0) is 13.8. The van der Waals surface area contributed by atoms with Crippen molar-refractivity contribution in [3.05, 3.63) is 72.1 Å². The second-order valence-corrected chi connectivity index (χ2v) is 4.61. The maximum absolute atomic E-state index is 6.12. The molecule has 108 valence electrons. The average molecular weight is 302 g/mol. The van der Waals surface area contributed by atoms with Gasteiger partial charge < -0.3 is 10.2 Å². The molecule has 1 atom stereocenters. The van der Waals surface area contributed by atoms with E-state index in [1.807, 2.05) is 60.7 Å². The quantitative estimate of drug-likeness (QED) is 0.802. The molecule has 0 aliphatic carbocycles. The van der Waals surface area contributed by atoms with E-state index in [0.29, 0.717) is 18.2 Å². The van der Waals surface area contributed by atoms with Crippen LogP contribution < -0.4 is 5.73 Å². The Balaban J connectivity index is 0.00000161. The van der Waals surface area contributed by atoms with Crippen LogP contribution in [0.15, 0.2) is 65.1 Å². The van der Waals surface area contributed by atoms with Crippen molar-refractivity contribution in [2.24, 2.45) is 5.73 Å². The topological polar surface area (TPSA) is 64.9 Å². The highest BCUT2D eigenvalue weighted by Crippen LogP contribution is 2.21. The fourth-order valence-corrected chi connectivity index (χ4v) is 2.04. The van der Waals surface area contributed by atoms with Crippen molar-refractivity contribution in [3.8, 4) is 11.5 Å². The molecule has 0 radical (unpaired) electrons. The van der Waals surface area contributed by atoms with Gasteiger partial charge in [0.2, 0.25) is 11.8 Å². The molecule has 3 rings (SSSR count). The predicted octanol–water partition coefficient (Wildman–Crippen LogP) is 3.40. The largest absolute Gasteiger partial charge is 0.419 e. The lowest BCUT2D eigenvalue weighted by Crippen LogP contribution is -2.13. The molecule has 0 spiro atoms. The third-order valence-corrected chi connectivity index (χ3v) is 3.08. The van der Waals surface area contributed by atoms with Crippen LogP contribution in [0.4, 0.5) is 0 Å². The molecule has 0 amide bonds. The molecule has 2 aromatic carbocycles. The molecule has 3 aromatic rings. The lowest BCUT2D eigenvalue weighted by atomic mass is 10.1. The predicted molar refractivity (Wildman–Crippen MR) is 84.1 cm³/mol. The Morgan fingerprint density at radius 1 is 0.905 bits per heavy atom. The minimum absolute atomic E-state index is 0. The lowest BCUT2D eigenvalue weighted by Gasteiger charge is -2.06. The number of rotatable bonds is 4. The van der Waals surface area contributed by atoms with Gasteiger partial charge in [-0.15, -0.1) is 22.6 Å². The third kappa shape index (κ3) is 3.68. The van der Waals surface area contributed by atoms with Crippen molar-refractivity contribution in [2.45, 2.75) is 12.5 Å². The monoisotopic (exact) mass is 301 g/mol. The first-order valence-corrected chi connectivity index (χ1v) is 6.51. The Morgan fingerprint density at radius 2 is 1.52 bits per heavy atom. The fourth-order valence-electron chi connectivity index (χ4n) is 2.04. The summed E-state index contributed by atoms with van der Waals surface area (Å²) in [6.45, 7) is 0. The third-order valence-electron chi connectivity index (χ3n) is 3.08. The zero-order valence-electron chi connectivity index (χ0n) is 11.3. The number of benzene rings is 2. The van der Waals surface area contributed by atoms with Crippen LogP contribution >= 0.6 is 12.4 Å². The molecule has 0 fully saturated rings. The van der Waals surface area contributed by atoms with Gasteiger partial charge in [0.1, 0.15) is 0 Å². The lowest BCUT2D eigenvalue weighted by molar-refractivity contribution is 0.457. The Bertz CT molecular complexity index is 670. The first-order chi connectivity index (χ1) is 9.83. The number of hydrogen-bond donors (Lipinski definition) is 1. The minimum Gasteiger partial charge on any atom is -0.419 e. The number of aromatic nitrogens is 2. The SMILES string of the molecule is Cl.N[C@@H](Cc1ccccc1)c1nnc(-c2ccccc2)o1. The van der Waals surface area contributed by atoms with E-state index in [9.17, 15) is 0 Å². The van der Waals surface area contributed by atoms with Crippen molar-refractivity contribution >= 4 is 12.4 Å². The Morgan fingerprint density at radius 3 is 2.19 bits per heavy atom. The summed E-state index contributed by atoms with van der Waals surface area (Å²) in [5, 5.41) is 8.10. The molecule has 1 aromatic heterocycles. The molecule has 0 saturated carbocycles. The van der Waals surface area contributed by atoms with Gasteiger partial charge in [0, 0.05) is 5.56 Å². The van der Waals surface area contributed by atoms with Gasteiger partial charge in [-0.3, -0.25) is 0 Å². The standard InChI is InChI=1S/C16H15N3O.ClH/c17-14(11-12-7-3-1-4-8-12)16-19-18-15(20-16)13-9-5-2-6-10-13;/h1-10,14H,11,17H2;1H/t14-;/m0./s1. The van der Waals surface area contributed by atoms with Crippen LogP contribution in [0.5, 0.6) is 0 Å². The summed E-state index contributed by atoms with van der Waals surface area (Å²) in [6.07, 6.45) is 0.678. The highest BCUT2D eigenvalue weighted by Gasteiger charge is 2.15. The maximum atomic E-state index is 6.12. The summed E-state index contributed by atoms with van der Waals surface area (Å²) >= 11 is 0. The van der Waals surface area contributed by atoms with Gasteiger partial charge in [0.25, 0.3) is 0 Å². The summed E-state index contributed by atoms with van der Waals surface area (Å²) < 4.78 is 5.66. The Labute approximate surface area is 129 Å². The molecule has 0 bridgehead atoms. The van der Waals surface area contributed by atoms with Gasteiger partial charge in [-0.1, -0.05) is 48.5 Å². The molecular weight excluding hydrogens is 286 g/mol. The number of nitrogens with two attached hydrogens (primary N) is 1. The molecule has 0 aliphatic heterocycles. The molecular formula is C16H16ClN3O. The van der Waals surface area contributed by atoms with Gasteiger partial charge in [-0.2, -0.15) is 0 Å². The van der Waals surface area contributed by atoms with Gasteiger partial charge in [0.15, 0.2) is 0 Å². The fraction of sp³-hybridized carbons (Fsp3) is 0.125. The van der Waals surface area contributed by atoms with E-state index in [-0.39, 0.29) is 18.4 Å². The number of hydrogen-bond acceptors (Lipinski definition) is 4. The summed E-state index contributed by atoms with van der Waals surface area (Å²) in [4.78, 5) is 0. The van der Waals surface area contributed by atoms with Crippen LogP contribution in [-0.4, -0.2) is 10.2 Å². The van der Waals surface area contributed by atoms with E-state index >= 15 is 0 Å². The summed E-state index contributed by atoms with van der Waals surface area (Å²) in [7, 11) is 0. The minimum atomic E-state index is -0.289. The van der Waals surface area contributed by atoms with Crippen molar-refractivity contribution in [2.75, 3.05) is 0 Å². The highest BCUT2D eigenvalue weighted by molar-refractivity contribution is 5.85. The van der Waals surface area contributed by atoms with E-state index in [0.717, 1.165) is 11.1 Å². The van der Waals surface area contributed by atoms with Gasteiger partial charge in [-0.25, -0.2) is 0 Å². The van der Waals surface area contributed by atoms with Gasteiger partial charge in [-0.05, 0) is 24.1 Å². The number of nitrogens with zero attached hydrogens (tertiary/aromatic N) is 2. The van der Waals surface area contributed by atoms with Crippen LogP contribution in [0, 0.1) is 0 Å². The molecule has 0 aliphatic rings. The van der Waals surface area contributed by atoms with Crippen molar-refractivity contribution in [3.63, 3.8) is 0 Å². The summed E-state index contributed by atoms with van der Waals surface area (Å²) in [5.74, 6) is 0.969. The summed E-state index contributed by atoms with van der Waals surface area (Å²) in [6, 6.07) is 19.4. The molecule has 0 unspecified atom stereocenters. The average Bonchev–Trinajstić information content (AvgIpc) is 2.99. The second-order valence-electron chi connectivity index (χ2n) is 4.61. The molecule has 1 heterocycles. The molecule has 5 heteroatoms. The van der Waals surface area contributed by atoms with E-state index in [2.05, 4.69) is 10.2 Å². The molecule has 2 N–H and O–H groups in total. The van der Waals surface area contributed by atoms with Gasteiger partial charge >= 0.3 is 0 Å². The van der Waals surface area contributed by atoms with Crippen molar-refractivity contribution in [1.82, 2.24) is 10.2 Å². The summed E-state index contributed by atoms with van der Waals surface area (Å²) in [5.41, 5.74) is 8.18.